The number of carbonyl (C=O) groups is 1. The van der Waals surface area contributed by atoms with Crippen molar-refractivity contribution < 1.29 is 14.8 Å². The van der Waals surface area contributed by atoms with E-state index in [4.69, 9.17) is 0 Å². The van der Waals surface area contributed by atoms with E-state index in [0.29, 0.717) is 17.7 Å². The van der Waals surface area contributed by atoms with E-state index >= 15 is 0 Å². The lowest BCUT2D eigenvalue weighted by atomic mass is 9.75. The molecular weight excluding hydrogens is 341 g/mol. The van der Waals surface area contributed by atoms with Crippen LogP contribution in [0.25, 0.3) is 10.8 Å². The van der Waals surface area contributed by atoms with Crippen LogP contribution in [0.1, 0.15) is 11.1 Å². The zero-order chi connectivity index (χ0) is 19.4. The van der Waals surface area contributed by atoms with Crippen molar-refractivity contribution in [1.29, 1.82) is 0 Å². The lowest BCUT2D eigenvalue weighted by Crippen LogP contribution is -2.36. The number of nitrogens with one attached hydrogen (secondary N) is 1. The van der Waals surface area contributed by atoms with Gasteiger partial charge in [0.05, 0.1) is 6.42 Å². The first-order chi connectivity index (χ1) is 12.9. The third-order valence-electron chi connectivity index (χ3n) is 4.34. The molecule has 3 N–H and O–H groups in total. The third-order valence-corrected chi connectivity index (χ3v) is 4.34. The lowest BCUT2D eigenvalue weighted by Gasteiger charge is -2.18. The van der Waals surface area contributed by atoms with Gasteiger partial charge in [-0.3, -0.25) is 9.78 Å². The van der Waals surface area contributed by atoms with Crippen LogP contribution in [-0.4, -0.2) is 47.1 Å². The van der Waals surface area contributed by atoms with Crippen molar-refractivity contribution in [3.05, 3.63) is 66.0 Å². The van der Waals surface area contributed by atoms with E-state index in [-0.39, 0.29) is 12.3 Å². The predicted octanol–water partition coefficient (Wildman–Crippen LogP) is 1.16. The van der Waals surface area contributed by atoms with Crippen molar-refractivity contribution >= 4 is 34.9 Å². The summed E-state index contributed by atoms with van der Waals surface area (Å²) < 4.78 is 0. The summed E-state index contributed by atoms with van der Waals surface area (Å²) in [7, 11) is 2.22. The van der Waals surface area contributed by atoms with Crippen molar-refractivity contribution in [1.82, 2.24) is 9.88 Å². The van der Waals surface area contributed by atoms with Crippen LogP contribution in [0.2, 0.25) is 0 Å². The largest absolute Gasteiger partial charge is 0.488 e. The molecular formula is C20H22BN3O3. The highest BCUT2D eigenvalue weighted by atomic mass is 16.4. The first kappa shape index (κ1) is 19.0. The normalized spacial score (nSPS) is 11.0. The van der Waals surface area contributed by atoms with Gasteiger partial charge in [0.1, 0.15) is 0 Å². The fourth-order valence-electron chi connectivity index (χ4n) is 3.11. The highest BCUT2D eigenvalue weighted by Gasteiger charge is 2.20. The number of hydrogen-bond acceptors (Lipinski definition) is 5. The van der Waals surface area contributed by atoms with Crippen LogP contribution in [0.3, 0.4) is 0 Å². The van der Waals surface area contributed by atoms with Gasteiger partial charge < -0.3 is 20.3 Å². The second-order valence-corrected chi connectivity index (χ2v) is 6.76. The molecule has 2 aromatic carbocycles. The highest BCUT2D eigenvalue weighted by Crippen LogP contribution is 2.18. The number of hydrogen-bond donors (Lipinski definition) is 3. The van der Waals surface area contributed by atoms with Gasteiger partial charge in [-0.25, -0.2) is 0 Å². The molecule has 3 aromatic rings. The molecule has 0 unspecified atom stereocenters. The van der Waals surface area contributed by atoms with E-state index in [1.165, 1.54) is 0 Å². The van der Waals surface area contributed by atoms with Gasteiger partial charge in [-0.15, -0.1) is 0 Å². The van der Waals surface area contributed by atoms with E-state index in [9.17, 15) is 14.8 Å². The minimum Gasteiger partial charge on any atom is -0.423 e. The van der Waals surface area contributed by atoms with Crippen LogP contribution in [0.15, 0.2) is 54.9 Å². The molecule has 6 nitrogen and oxygen atoms in total. The SMILES string of the molecule is CN(C)Cc1c(CC(=O)Nc2ccc3cnccc3c2)cccc1B(O)O. The summed E-state index contributed by atoms with van der Waals surface area (Å²) in [5, 5.41) is 24.2. The van der Waals surface area contributed by atoms with Gasteiger partial charge in [0.15, 0.2) is 0 Å². The van der Waals surface area contributed by atoms with Gasteiger partial charge in [0.2, 0.25) is 5.91 Å². The molecule has 1 aromatic heterocycles. The summed E-state index contributed by atoms with van der Waals surface area (Å²) in [4.78, 5) is 18.6. The first-order valence-corrected chi connectivity index (χ1v) is 8.69. The Morgan fingerprint density at radius 3 is 2.70 bits per heavy atom. The standard InChI is InChI=1S/C20H22BN3O3/c1-24(2)13-18-15(4-3-5-19(18)21(26)27)11-20(25)23-17-7-6-16-12-22-9-8-14(16)10-17/h3-10,12,26-27H,11,13H2,1-2H3,(H,23,25). The molecule has 0 fully saturated rings. The van der Waals surface area contributed by atoms with Crippen molar-refractivity contribution in [3.63, 3.8) is 0 Å². The smallest absolute Gasteiger partial charge is 0.423 e. The van der Waals surface area contributed by atoms with Crippen molar-refractivity contribution in [2.75, 3.05) is 19.4 Å². The summed E-state index contributed by atoms with van der Waals surface area (Å²) in [6, 6.07) is 12.8. The van der Waals surface area contributed by atoms with Crippen LogP contribution < -0.4 is 10.8 Å². The van der Waals surface area contributed by atoms with Crippen molar-refractivity contribution in [3.8, 4) is 0 Å². The third kappa shape index (κ3) is 4.71. The zero-order valence-corrected chi connectivity index (χ0v) is 15.4. The number of amides is 1. The number of rotatable bonds is 6. The second-order valence-electron chi connectivity index (χ2n) is 6.76. The Morgan fingerprint density at radius 1 is 1.15 bits per heavy atom. The number of aromatic nitrogens is 1. The molecule has 7 heteroatoms. The van der Waals surface area contributed by atoms with E-state index in [1.54, 1.807) is 24.5 Å². The Labute approximate surface area is 158 Å². The Kier molecular flexibility index (Phi) is 5.86. The van der Waals surface area contributed by atoms with E-state index in [0.717, 1.165) is 21.9 Å². The first-order valence-electron chi connectivity index (χ1n) is 8.69. The highest BCUT2D eigenvalue weighted by molar-refractivity contribution is 6.59. The fourth-order valence-corrected chi connectivity index (χ4v) is 3.11. The molecule has 0 saturated heterocycles. The van der Waals surface area contributed by atoms with Crippen LogP contribution in [0.4, 0.5) is 5.69 Å². The van der Waals surface area contributed by atoms with Gasteiger partial charge in [-0.2, -0.15) is 0 Å². The molecule has 27 heavy (non-hydrogen) atoms. The monoisotopic (exact) mass is 363 g/mol. The minimum atomic E-state index is -1.57. The molecule has 138 valence electrons. The van der Waals surface area contributed by atoms with Gasteiger partial charge in [0.25, 0.3) is 0 Å². The average molecular weight is 363 g/mol. The molecule has 0 spiro atoms. The van der Waals surface area contributed by atoms with Gasteiger partial charge in [-0.05, 0) is 54.3 Å². The van der Waals surface area contributed by atoms with E-state index < -0.39 is 7.12 Å². The Balaban J connectivity index is 1.81. The molecule has 0 aliphatic rings. The van der Waals surface area contributed by atoms with Crippen LogP contribution in [0.5, 0.6) is 0 Å². The molecule has 0 aliphatic heterocycles. The molecule has 0 radical (unpaired) electrons. The molecule has 1 heterocycles. The molecule has 1 amide bonds. The number of nitrogens with zero attached hydrogens (tertiary/aromatic N) is 2. The summed E-state index contributed by atoms with van der Waals surface area (Å²) in [5.74, 6) is -0.159. The molecule has 0 atom stereocenters. The van der Waals surface area contributed by atoms with Crippen molar-refractivity contribution in [2.45, 2.75) is 13.0 Å². The second kappa shape index (κ2) is 8.31. The van der Waals surface area contributed by atoms with Gasteiger partial charge in [0, 0.05) is 30.0 Å². The van der Waals surface area contributed by atoms with Crippen molar-refractivity contribution in [2.24, 2.45) is 0 Å². The van der Waals surface area contributed by atoms with Gasteiger partial charge in [-0.1, -0.05) is 24.3 Å². The molecule has 3 rings (SSSR count). The summed E-state index contributed by atoms with van der Waals surface area (Å²) in [6.45, 7) is 0.513. The Hall–Kier alpha value is -2.74. The maximum absolute atomic E-state index is 12.6. The van der Waals surface area contributed by atoms with E-state index in [1.807, 2.05) is 49.3 Å². The zero-order valence-electron chi connectivity index (χ0n) is 15.4. The van der Waals surface area contributed by atoms with E-state index in [2.05, 4.69) is 10.3 Å². The van der Waals surface area contributed by atoms with Crippen LogP contribution in [-0.2, 0) is 17.8 Å². The maximum Gasteiger partial charge on any atom is 0.488 e. The summed E-state index contributed by atoms with van der Waals surface area (Å²) >= 11 is 0. The number of carbonyl (C=O) groups excluding carboxylic acids is 1. The lowest BCUT2D eigenvalue weighted by molar-refractivity contribution is -0.115. The van der Waals surface area contributed by atoms with Gasteiger partial charge >= 0.3 is 7.12 Å². The molecule has 0 aliphatic carbocycles. The predicted molar refractivity (Wildman–Crippen MR) is 108 cm³/mol. The summed E-state index contributed by atoms with van der Waals surface area (Å²) in [6.07, 6.45) is 3.64. The maximum atomic E-state index is 12.6. The average Bonchev–Trinajstić information content (AvgIpc) is 2.62. The quantitative estimate of drug-likeness (QED) is 0.573. The molecule has 0 bridgehead atoms. The fraction of sp³-hybridized carbons (Fsp3) is 0.200. The number of pyridine rings is 1. The minimum absolute atomic E-state index is 0.151. The number of fused-ring (bicyclic) bond motifs is 1. The van der Waals surface area contributed by atoms with Crippen LogP contribution in [0, 0.1) is 0 Å². The Morgan fingerprint density at radius 2 is 1.96 bits per heavy atom. The molecule has 0 saturated carbocycles. The summed E-state index contributed by atoms with van der Waals surface area (Å²) in [5.41, 5.74) is 2.67. The Bertz CT molecular complexity index is 960. The van der Waals surface area contributed by atoms with Crippen LogP contribution >= 0.6 is 0 Å². The number of anilines is 1. The topological polar surface area (TPSA) is 85.7 Å². The number of benzene rings is 2.